The van der Waals surface area contributed by atoms with Gasteiger partial charge in [-0.05, 0) is 17.9 Å². The van der Waals surface area contributed by atoms with Crippen LogP contribution < -0.4 is 5.43 Å². The molecule has 0 radical (unpaired) electrons. The molecule has 116 valence electrons. The topological polar surface area (TPSA) is 102 Å². The molecule has 22 heavy (non-hydrogen) atoms. The quantitative estimate of drug-likeness (QED) is 0.684. The maximum Gasteiger partial charge on any atom is 0.271 e. The van der Waals surface area contributed by atoms with Crippen molar-refractivity contribution in [1.29, 1.82) is 0 Å². The molecule has 0 unspecified atom stereocenters. The van der Waals surface area contributed by atoms with Gasteiger partial charge >= 0.3 is 0 Å². The Morgan fingerprint density at radius 1 is 1.36 bits per heavy atom. The average Bonchev–Trinajstić information content (AvgIpc) is 2.42. The Labute approximate surface area is 127 Å². The molecule has 1 saturated carbocycles. The van der Waals surface area contributed by atoms with Crippen LogP contribution in [0.4, 0.5) is 5.69 Å². The van der Waals surface area contributed by atoms with Crippen LogP contribution in [0.1, 0.15) is 43.5 Å². The predicted molar refractivity (Wildman–Crippen MR) is 80.6 cm³/mol. The van der Waals surface area contributed by atoms with Crippen molar-refractivity contribution in [2.45, 2.75) is 33.1 Å². The van der Waals surface area contributed by atoms with Gasteiger partial charge in [-0.3, -0.25) is 19.7 Å². The molecule has 1 fully saturated rings. The number of nitrogens with one attached hydrogen (secondary N) is 1. The van der Waals surface area contributed by atoms with Crippen LogP contribution in [0.3, 0.4) is 0 Å². The Kier molecular flexibility index (Phi) is 4.35. The number of carbonyl (C=O) groups excluding carboxylic acids is 2. The number of benzene rings is 1. The van der Waals surface area contributed by atoms with Crippen molar-refractivity contribution in [2.24, 2.45) is 10.5 Å². The van der Waals surface area contributed by atoms with E-state index in [0.29, 0.717) is 18.6 Å². The molecule has 1 N–H and O–H groups in total. The van der Waals surface area contributed by atoms with Gasteiger partial charge in [0, 0.05) is 36.2 Å². The van der Waals surface area contributed by atoms with Crippen LogP contribution in [0.5, 0.6) is 0 Å². The lowest BCUT2D eigenvalue weighted by Gasteiger charge is -2.28. The number of ketones is 1. The van der Waals surface area contributed by atoms with Gasteiger partial charge in [-0.15, -0.1) is 0 Å². The summed E-state index contributed by atoms with van der Waals surface area (Å²) in [6, 6.07) is 5.41. The van der Waals surface area contributed by atoms with Crippen LogP contribution in [0, 0.1) is 15.5 Å². The van der Waals surface area contributed by atoms with E-state index < -0.39 is 10.8 Å². The fourth-order valence-corrected chi connectivity index (χ4v) is 2.54. The first-order valence-electron chi connectivity index (χ1n) is 6.89. The molecule has 1 aliphatic rings. The zero-order valence-electron chi connectivity index (χ0n) is 12.5. The summed E-state index contributed by atoms with van der Waals surface area (Å²) in [6.45, 7) is 3.95. The van der Waals surface area contributed by atoms with Gasteiger partial charge < -0.3 is 0 Å². The molecule has 0 spiro atoms. The summed E-state index contributed by atoms with van der Waals surface area (Å²) in [6.07, 6.45) is 1.37. The highest BCUT2D eigenvalue weighted by atomic mass is 16.6. The number of Topliss-reactive ketones (excluding diaryl/α,β-unsaturated/α-hetero) is 1. The number of carbonyl (C=O) groups is 2. The summed E-state index contributed by atoms with van der Waals surface area (Å²) in [5, 5.41) is 14.7. The Morgan fingerprint density at radius 3 is 2.73 bits per heavy atom. The SMILES string of the molecule is CC1(C)CC(=O)C/C(=N/NC(=O)c2cccc([N+](=O)[O-])c2)C1. The van der Waals surface area contributed by atoms with E-state index in [4.69, 9.17) is 0 Å². The molecule has 0 heterocycles. The lowest BCUT2D eigenvalue weighted by atomic mass is 9.76. The van der Waals surface area contributed by atoms with Gasteiger partial charge in [-0.25, -0.2) is 5.43 Å². The summed E-state index contributed by atoms with van der Waals surface area (Å²) in [4.78, 5) is 33.8. The van der Waals surface area contributed by atoms with Gasteiger partial charge in [0.15, 0.2) is 0 Å². The molecule has 1 aromatic carbocycles. The second-order valence-corrected chi connectivity index (χ2v) is 6.16. The van der Waals surface area contributed by atoms with Gasteiger partial charge in [0.1, 0.15) is 5.78 Å². The summed E-state index contributed by atoms with van der Waals surface area (Å²) >= 11 is 0. The number of rotatable bonds is 3. The highest BCUT2D eigenvalue weighted by Gasteiger charge is 2.30. The number of nitro benzene ring substituents is 1. The van der Waals surface area contributed by atoms with Crippen LogP contribution in [-0.2, 0) is 4.79 Å². The fraction of sp³-hybridized carbons (Fsp3) is 0.400. The van der Waals surface area contributed by atoms with Crippen molar-refractivity contribution in [1.82, 2.24) is 5.43 Å². The van der Waals surface area contributed by atoms with Crippen LogP contribution in [0.25, 0.3) is 0 Å². The van der Waals surface area contributed by atoms with Gasteiger partial charge in [-0.1, -0.05) is 19.9 Å². The number of non-ortho nitro benzene ring substituents is 1. The summed E-state index contributed by atoms with van der Waals surface area (Å²) < 4.78 is 0. The zero-order chi connectivity index (χ0) is 16.3. The van der Waals surface area contributed by atoms with Crippen LogP contribution in [0.15, 0.2) is 29.4 Å². The summed E-state index contributed by atoms with van der Waals surface area (Å²) in [5.41, 5.74) is 2.82. The number of hydrazone groups is 1. The molecule has 1 aliphatic carbocycles. The van der Waals surface area contributed by atoms with Crippen LogP contribution >= 0.6 is 0 Å². The minimum absolute atomic E-state index is 0.0968. The second-order valence-electron chi connectivity index (χ2n) is 6.16. The molecule has 0 aliphatic heterocycles. The third kappa shape index (κ3) is 3.97. The number of hydrogen-bond acceptors (Lipinski definition) is 5. The highest BCUT2D eigenvalue weighted by molar-refractivity contribution is 6.05. The Morgan fingerprint density at radius 2 is 2.09 bits per heavy atom. The largest absolute Gasteiger partial charge is 0.299 e. The lowest BCUT2D eigenvalue weighted by molar-refractivity contribution is -0.384. The molecule has 7 heteroatoms. The smallest absolute Gasteiger partial charge is 0.271 e. The van der Waals surface area contributed by atoms with Crippen molar-refractivity contribution >= 4 is 23.1 Å². The molecule has 0 saturated heterocycles. The van der Waals surface area contributed by atoms with E-state index >= 15 is 0 Å². The molecule has 1 amide bonds. The summed E-state index contributed by atoms with van der Waals surface area (Å²) in [5.74, 6) is -0.438. The zero-order valence-corrected chi connectivity index (χ0v) is 12.5. The molecule has 0 aromatic heterocycles. The Hall–Kier alpha value is -2.57. The van der Waals surface area contributed by atoms with Crippen LogP contribution in [-0.4, -0.2) is 22.3 Å². The van der Waals surface area contributed by atoms with Crippen LogP contribution in [0.2, 0.25) is 0 Å². The number of amides is 1. The minimum Gasteiger partial charge on any atom is -0.299 e. The number of nitrogens with zero attached hydrogens (tertiary/aromatic N) is 2. The van der Waals surface area contributed by atoms with Crippen molar-refractivity contribution in [3.8, 4) is 0 Å². The Balaban J connectivity index is 2.09. The highest BCUT2D eigenvalue weighted by Crippen LogP contribution is 2.31. The maximum atomic E-state index is 12.0. The second kappa shape index (κ2) is 6.05. The van der Waals surface area contributed by atoms with Crippen molar-refractivity contribution in [2.75, 3.05) is 0 Å². The first kappa shape index (κ1) is 15.8. The number of nitro groups is 1. The number of hydrogen-bond donors (Lipinski definition) is 1. The molecule has 1 aromatic rings. The summed E-state index contributed by atoms with van der Waals surface area (Å²) in [7, 11) is 0. The van der Waals surface area contributed by atoms with E-state index in [2.05, 4.69) is 10.5 Å². The van der Waals surface area contributed by atoms with Gasteiger partial charge in [0.25, 0.3) is 11.6 Å². The average molecular weight is 303 g/mol. The Bertz CT molecular complexity index is 665. The molecule has 0 atom stereocenters. The normalized spacial score (nSPS) is 19.0. The first-order chi connectivity index (χ1) is 10.3. The van der Waals surface area contributed by atoms with E-state index in [1.807, 2.05) is 13.8 Å². The molecule has 2 rings (SSSR count). The molecular weight excluding hydrogens is 286 g/mol. The minimum atomic E-state index is -0.564. The lowest BCUT2D eigenvalue weighted by Crippen LogP contribution is -2.31. The fourth-order valence-electron chi connectivity index (χ4n) is 2.54. The van der Waals surface area contributed by atoms with Crippen molar-refractivity contribution in [3.05, 3.63) is 39.9 Å². The van der Waals surface area contributed by atoms with Gasteiger partial charge in [-0.2, -0.15) is 5.10 Å². The van der Waals surface area contributed by atoms with Crippen molar-refractivity contribution in [3.63, 3.8) is 0 Å². The molecular formula is C15H17N3O4. The predicted octanol–water partition coefficient (Wildman–Crippen LogP) is 2.46. The van der Waals surface area contributed by atoms with E-state index in [0.717, 1.165) is 0 Å². The van der Waals surface area contributed by atoms with Gasteiger partial charge in [0.2, 0.25) is 0 Å². The third-order valence-electron chi connectivity index (χ3n) is 3.39. The standard InChI is InChI=1S/C15H17N3O4/c1-15(2)8-11(7-13(19)9-15)16-17-14(20)10-4-3-5-12(6-10)18(21)22/h3-6H,7-9H2,1-2H3,(H,17,20)/b16-11-. The van der Waals surface area contributed by atoms with E-state index in [1.165, 1.54) is 24.3 Å². The van der Waals surface area contributed by atoms with Crippen molar-refractivity contribution < 1.29 is 14.5 Å². The van der Waals surface area contributed by atoms with Gasteiger partial charge in [0.05, 0.1) is 4.92 Å². The van der Waals surface area contributed by atoms with E-state index in [1.54, 1.807) is 0 Å². The first-order valence-corrected chi connectivity index (χ1v) is 6.89. The molecule has 7 nitrogen and oxygen atoms in total. The third-order valence-corrected chi connectivity index (χ3v) is 3.39. The van der Waals surface area contributed by atoms with E-state index in [9.17, 15) is 19.7 Å². The monoisotopic (exact) mass is 303 g/mol. The van der Waals surface area contributed by atoms with E-state index in [-0.39, 0.29) is 28.9 Å². The maximum absolute atomic E-state index is 12.0. The molecule has 0 bridgehead atoms.